The molecule has 1 aromatic carbocycles. The SMILES string of the molecule is CC[C@@H]1OC(=O)[C@H](C)[C@@H](O[C@H]2C[C@@](C)(OC)[C@@H](OS(=O)(=O)CCNCCCc3ccc4c(c3)c(=O)c(C(=O)O)cn4N(C)C)[C@H](C)O2)[C@H](C)[C@H](O[C@H]2O[C@H](C)C[C@H](N(C)C)[C@H]2O)[C@](C)(O)C[C@@H](C)/C(=N\OCCN(CC)CC)[C@@H](C)[C@H](O)C1(C)O. The molecule has 25 heteroatoms. The van der Waals surface area contributed by atoms with E-state index in [1.165, 1.54) is 20.2 Å². The number of carbonyl (C=O) groups is 2. The molecule has 2 aromatic rings. The van der Waals surface area contributed by atoms with E-state index in [4.69, 9.17) is 37.4 Å². The first-order valence-electron chi connectivity index (χ1n) is 30.2. The number of carbonyl (C=O) groups excluding carboxylic acids is 1. The summed E-state index contributed by atoms with van der Waals surface area (Å²) in [6.07, 6.45) is -8.65. The van der Waals surface area contributed by atoms with E-state index >= 15 is 0 Å². The van der Waals surface area contributed by atoms with Gasteiger partial charge in [-0.15, -0.1) is 0 Å². The Balaban J connectivity index is 1.41. The Morgan fingerprint density at radius 2 is 1.59 bits per heavy atom. The molecule has 3 aliphatic heterocycles. The van der Waals surface area contributed by atoms with Crippen LogP contribution in [0.1, 0.15) is 131 Å². The molecule has 0 amide bonds. The number of benzene rings is 1. The second-order valence-electron chi connectivity index (χ2n) is 24.9. The summed E-state index contributed by atoms with van der Waals surface area (Å²) in [6.45, 7) is 23.7. The lowest BCUT2D eigenvalue weighted by molar-refractivity contribution is -0.316. The van der Waals surface area contributed by atoms with Crippen molar-refractivity contribution in [1.29, 1.82) is 0 Å². The summed E-state index contributed by atoms with van der Waals surface area (Å²) in [5, 5.41) is 68.7. The number of aryl methyl sites for hydroxylation is 1. The number of aromatic carboxylic acids is 1. The number of pyridine rings is 1. The van der Waals surface area contributed by atoms with Crippen LogP contribution in [0.25, 0.3) is 10.9 Å². The van der Waals surface area contributed by atoms with Gasteiger partial charge < -0.3 is 78.9 Å². The molecule has 85 heavy (non-hydrogen) atoms. The van der Waals surface area contributed by atoms with Gasteiger partial charge in [0.2, 0.25) is 5.43 Å². The van der Waals surface area contributed by atoms with Crippen molar-refractivity contribution in [1.82, 2.24) is 19.8 Å². The van der Waals surface area contributed by atoms with Gasteiger partial charge >= 0.3 is 11.9 Å². The zero-order valence-electron chi connectivity index (χ0n) is 53.3. The number of hydrogen-bond acceptors (Lipinski definition) is 22. The molecule has 0 saturated carbocycles. The molecule has 3 fully saturated rings. The van der Waals surface area contributed by atoms with E-state index in [1.54, 1.807) is 84.4 Å². The molecule has 3 aliphatic rings. The topological polar surface area (TPSA) is 299 Å². The van der Waals surface area contributed by atoms with Gasteiger partial charge in [-0.05, 0) is 125 Å². The number of carboxylic acid groups (broad SMARTS) is 1. The van der Waals surface area contributed by atoms with Crippen molar-refractivity contribution in [3.05, 3.63) is 45.7 Å². The Bertz CT molecular complexity index is 2710. The third kappa shape index (κ3) is 17.7. The van der Waals surface area contributed by atoms with Crippen molar-refractivity contribution >= 4 is 38.7 Å². The molecule has 3 saturated heterocycles. The largest absolute Gasteiger partial charge is 0.477 e. The van der Waals surface area contributed by atoms with Crippen LogP contribution in [0.4, 0.5) is 0 Å². The van der Waals surface area contributed by atoms with Crippen molar-refractivity contribution in [2.75, 3.05) is 85.4 Å². The number of esters is 1. The number of nitrogens with zero attached hydrogens (tertiary/aromatic N) is 5. The molecule has 0 radical (unpaired) electrons. The highest BCUT2D eigenvalue weighted by Gasteiger charge is 2.54. The van der Waals surface area contributed by atoms with Crippen molar-refractivity contribution in [3.63, 3.8) is 0 Å². The van der Waals surface area contributed by atoms with E-state index in [0.29, 0.717) is 43.6 Å². The van der Waals surface area contributed by atoms with Gasteiger partial charge in [-0.2, -0.15) is 8.42 Å². The van der Waals surface area contributed by atoms with E-state index in [0.717, 1.165) is 18.7 Å². The molecule has 0 spiro atoms. The number of aliphatic hydroxyl groups is 4. The lowest BCUT2D eigenvalue weighted by atomic mass is 9.73. The summed E-state index contributed by atoms with van der Waals surface area (Å²) in [6, 6.07) is 4.93. The molecule has 4 heterocycles. The van der Waals surface area contributed by atoms with Crippen molar-refractivity contribution in [2.24, 2.45) is 28.8 Å². The Kier molecular flexibility index (Phi) is 25.8. The second kappa shape index (κ2) is 30.5. The highest BCUT2D eigenvalue weighted by molar-refractivity contribution is 7.86. The summed E-state index contributed by atoms with van der Waals surface area (Å²) in [5.41, 5.74) is -4.46. The fourth-order valence-electron chi connectivity index (χ4n) is 12.5. The summed E-state index contributed by atoms with van der Waals surface area (Å²) >= 11 is 0. The Hall–Kier alpha value is -3.93. The van der Waals surface area contributed by atoms with E-state index in [-0.39, 0.29) is 55.5 Å². The first-order chi connectivity index (χ1) is 39.7. The number of aliphatic hydroxyl groups excluding tert-OH is 2. The standard InChI is InChI=1S/C60H102N6O18S/c1-18-46-60(12,74)52(69)37(6)48(62-78-28-27-65(19-2)20-3)35(4)32-58(10,73)53(83-57-50(68)45(63(13)14)30-36(5)79-57)38(7)51(39(8)56(72)81-46)82-47-33-59(11,77-17)54(40(9)80-47)84-85(75,76)29-26-61-25-21-22-41-23-24-44-42(31-41)49(67)43(55(70)71)34-66(44)64(15)16/h23-24,31,34-40,45-47,50-54,57,61,68-69,73-74H,18-22,25-30,32-33H2,1-17H3,(H,70,71)/b62-48+/t35-,36-,37-,38+,39-,40+,45+,46+,47+,50-,51+,52+,53+,54+,57-,58-,59-,60?/m1/s1. The minimum atomic E-state index is -4.23. The molecule has 24 nitrogen and oxygen atoms in total. The highest BCUT2D eigenvalue weighted by Crippen LogP contribution is 2.42. The number of ether oxygens (including phenoxy) is 6. The number of oxime groups is 1. The van der Waals surface area contributed by atoms with Crippen LogP contribution in [-0.4, -0.2) is 231 Å². The van der Waals surface area contributed by atoms with E-state index < -0.39 is 129 Å². The number of hydrogen-bond donors (Lipinski definition) is 6. The number of rotatable bonds is 24. The van der Waals surface area contributed by atoms with Crippen LogP contribution in [0.15, 0.2) is 34.3 Å². The Morgan fingerprint density at radius 1 is 0.918 bits per heavy atom. The summed E-state index contributed by atoms with van der Waals surface area (Å²) in [4.78, 5) is 49.7. The number of cyclic esters (lactones) is 1. The zero-order chi connectivity index (χ0) is 63.7. The van der Waals surface area contributed by atoms with Crippen LogP contribution in [0, 0.1) is 23.7 Å². The quantitative estimate of drug-likeness (QED) is 0.0378. The predicted molar refractivity (Wildman–Crippen MR) is 322 cm³/mol. The molecule has 486 valence electrons. The molecule has 0 aliphatic carbocycles. The molecule has 18 atom stereocenters. The number of methoxy groups -OCH3 is 1. The fraction of sp³-hybridized carbons (Fsp3) is 0.800. The number of aromatic nitrogens is 1. The molecular weight excluding hydrogens is 1120 g/mol. The van der Waals surface area contributed by atoms with Gasteiger partial charge in [0.1, 0.15) is 36.1 Å². The minimum Gasteiger partial charge on any atom is -0.477 e. The van der Waals surface area contributed by atoms with Gasteiger partial charge in [0, 0.05) is 76.1 Å². The van der Waals surface area contributed by atoms with Gasteiger partial charge in [-0.3, -0.25) is 18.4 Å². The number of carboxylic acids is 1. The van der Waals surface area contributed by atoms with Gasteiger partial charge in [0.15, 0.2) is 12.6 Å². The number of nitrogens with one attached hydrogen (secondary N) is 1. The third-order valence-electron chi connectivity index (χ3n) is 17.7. The maximum Gasteiger partial charge on any atom is 0.341 e. The molecule has 1 unspecified atom stereocenters. The van der Waals surface area contributed by atoms with Crippen LogP contribution in [0.2, 0.25) is 0 Å². The fourth-order valence-corrected chi connectivity index (χ4v) is 13.7. The van der Waals surface area contributed by atoms with Gasteiger partial charge in [-0.25, -0.2) is 4.79 Å². The normalized spacial score (nSPS) is 35.3. The van der Waals surface area contributed by atoms with Crippen LogP contribution in [0.3, 0.4) is 0 Å². The lowest BCUT2D eigenvalue weighted by Crippen LogP contribution is -2.61. The molecule has 6 N–H and O–H groups in total. The Labute approximate surface area is 503 Å². The summed E-state index contributed by atoms with van der Waals surface area (Å²) in [5.74, 6) is -6.20. The molecule has 5 rings (SSSR count). The third-order valence-corrected chi connectivity index (χ3v) is 18.9. The molecule has 0 bridgehead atoms. The van der Waals surface area contributed by atoms with Gasteiger partial charge in [0.25, 0.3) is 10.1 Å². The number of fused-ring (bicyclic) bond motifs is 1. The minimum absolute atomic E-state index is 0.0368. The van der Waals surface area contributed by atoms with E-state index in [1.807, 2.05) is 52.8 Å². The smallest absolute Gasteiger partial charge is 0.341 e. The van der Waals surface area contributed by atoms with Gasteiger partial charge in [-0.1, -0.05) is 52.8 Å². The predicted octanol–water partition coefficient (Wildman–Crippen LogP) is 3.72. The zero-order valence-corrected chi connectivity index (χ0v) is 54.2. The molecular formula is C60H102N6O18S. The van der Waals surface area contributed by atoms with E-state index in [9.17, 15) is 48.3 Å². The van der Waals surface area contributed by atoms with Crippen LogP contribution < -0.4 is 15.8 Å². The van der Waals surface area contributed by atoms with Crippen LogP contribution in [0.5, 0.6) is 0 Å². The maximum absolute atomic E-state index is 14.8. The maximum atomic E-state index is 14.8. The van der Waals surface area contributed by atoms with Gasteiger partial charge in [0.05, 0.1) is 64.6 Å². The second-order valence-corrected chi connectivity index (χ2v) is 26.6. The first kappa shape index (κ1) is 71.8. The van der Waals surface area contributed by atoms with E-state index in [2.05, 4.69) is 15.4 Å². The Morgan fingerprint density at radius 3 is 2.19 bits per heavy atom. The monoisotopic (exact) mass is 1230 g/mol. The first-order valence-corrected chi connectivity index (χ1v) is 31.7. The summed E-state index contributed by atoms with van der Waals surface area (Å²) < 4.78 is 73.9. The number of likely N-dealkylation sites (N-methyl/N-ethyl adjacent to an activating group) is 2. The lowest BCUT2D eigenvalue weighted by Gasteiger charge is -2.49. The summed E-state index contributed by atoms with van der Waals surface area (Å²) in [7, 11) is 4.36. The average molecular weight is 1230 g/mol. The van der Waals surface area contributed by atoms with Crippen molar-refractivity contribution < 1.29 is 81.0 Å². The van der Waals surface area contributed by atoms with Crippen LogP contribution >= 0.6 is 0 Å². The average Bonchev–Trinajstić information content (AvgIpc) is 1.57. The van der Waals surface area contributed by atoms with Crippen molar-refractivity contribution in [3.8, 4) is 0 Å². The molecule has 1 aromatic heterocycles. The highest BCUT2D eigenvalue weighted by atomic mass is 32.2. The van der Waals surface area contributed by atoms with Crippen LogP contribution in [-0.2, 0) is 58.8 Å². The van der Waals surface area contributed by atoms with Crippen molar-refractivity contribution in [2.45, 2.75) is 206 Å².